The predicted molar refractivity (Wildman–Crippen MR) is 111 cm³/mol. The molecule has 2 atom stereocenters. The first-order valence-electron chi connectivity index (χ1n) is 10.1. The summed E-state index contributed by atoms with van der Waals surface area (Å²) in [4.78, 5) is 9.20. The van der Waals surface area contributed by atoms with E-state index in [-0.39, 0.29) is 11.2 Å². The van der Waals surface area contributed by atoms with Gasteiger partial charge < -0.3 is 9.72 Å². The molecule has 6 heteroatoms. The third-order valence-corrected chi connectivity index (χ3v) is 6.35. The van der Waals surface area contributed by atoms with Gasteiger partial charge in [-0.3, -0.25) is 4.90 Å². The Bertz CT molecular complexity index is 959. The second kappa shape index (κ2) is 8.11. The van der Waals surface area contributed by atoms with E-state index in [9.17, 15) is 8.78 Å². The van der Waals surface area contributed by atoms with Gasteiger partial charge in [0.2, 0.25) is 0 Å². The highest BCUT2D eigenvalue weighted by molar-refractivity contribution is 5.76. The fourth-order valence-corrected chi connectivity index (χ4v) is 4.25. The number of nitrogens with one attached hydrogen (secondary N) is 1. The molecular formula is C23H27F2N3O. The molecule has 1 fully saturated rings. The Kier molecular flexibility index (Phi) is 5.54. The Labute approximate surface area is 169 Å². The number of rotatable bonds is 6. The van der Waals surface area contributed by atoms with E-state index in [4.69, 9.17) is 4.74 Å². The van der Waals surface area contributed by atoms with Gasteiger partial charge >= 0.3 is 0 Å². The van der Waals surface area contributed by atoms with Gasteiger partial charge in [-0.25, -0.2) is 13.8 Å². The van der Waals surface area contributed by atoms with E-state index < -0.39 is 6.43 Å². The minimum atomic E-state index is -2.58. The van der Waals surface area contributed by atoms with E-state index in [0.29, 0.717) is 23.6 Å². The van der Waals surface area contributed by atoms with Crippen molar-refractivity contribution in [3.8, 4) is 5.75 Å². The molecular weight excluding hydrogens is 372 g/mol. The number of nitrogens with zero attached hydrogens (tertiary/aromatic N) is 2. The highest BCUT2D eigenvalue weighted by Crippen LogP contribution is 2.40. The van der Waals surface area contributed by atoms with E-state index in [0.717, 1.165) is 31.8 Å². The summed E-state index contributed by atoms with van der Waals surface area (Å²) < 4.78 is 31.7. The van der Waals surface area contributed by atoms with Crippen LogP contribution in [0.5, 0.6) is 5.75 Å². The normalized spacial score (nSPS) is 23.0. The Morgan fingerprint density at radius 1 is 1.24 bits per heavy atom. The molecule has 4 rings (SSSR count). The summed E-state index contributed by atoms with van der Waals surface area (Å²) in [6, 6.07) is 15.8. The van der Waals surface area contributed by atoms with Crippen LogP contribution < -0.4 is 4.74 Å². The number of imidazole rings is 1. The van der Waals surface area contributed by atoms with Gasteiger partial charge in [-0.05, 0) is 54.1 Å². The number of fused-ring (bicyclic) bond motifs is 1. The summed E-state index contributed by atoms with van der Waals surface area (Å²) in [5, 5.41) is 0. The van der Waals surface area contributed by atoms with Gasteiger partial charge in [0.05, 0.1) is 11.0 Å². The largest absolute Gasteiger partial charge is 0.492 e. The number of aromatic amines is 1. The molecule has 0 saturated carbocycles. The van der Waals surface area contributed by atoms with E-state index >= 15 is 0 Å². The molecule has 29 heavy (non-hydrogen) atoms. The van der Waals surface area contributed by atoms with Crippen molar-refractivity contribution in [2.24, 2.45) is 5.92 Å². The Hall–Kier alpha value is -2.47. The topological polar surface area (TPSA) is 41.1 Å². The zero-order valence-corrected chi connectivity index (χ0v) is 16.9. The standard InChI is InChI=1S/C23H27F2N3O/c1-16-15-28(12-13-29-18-6-4-3-5-7-18)11-10-23(16,2)17-8-9-19-20(14-17)27-22(26-19)21(24)25/h3-9,14,16,21H,10-13,15H2,1-2H3,(H,26,27). The van der Waals surface area contributed by atoms with Crippen LogP contribution in [0.25, 0.3) is 11.0 Å². The number of benzene rings is 2. The molecule has 0 spiro atoms. The zero-order valence-electron chi connectivity index (χ0n) is 16.9. The lowest BCUT2D eigenvalue weighted by Crippen LogP contribution is -2.48. The number of halogens is 2. The minimum Gasteiger partial charge on any atom is -0.492 e. The van der Waals surface area contributed by atoms with Gasteiger partial charge in [0.1, 0.15) is 12.4 Å². The van der Waals surface area contributed by atoms with Crippen LogP contribution in [-0.2, 0) is 5.41 Å². The zero-order chi connectivity index (χ0) is 20.4. The summed E-state index contributed by atoms with van der Waals surface area (Å²) in [6.07, 6.45) is -1.57. The lowest BCUT2D eigenvalue weighted by atomic mass is 9.68. The van der Waals surface area contributed by atoms with E-state index in [2.05, 4.69) is 28.7 Å². The van der Waals surface area contributed by atoms with Crippen molar-refractivity contribution in [1.29, 1.82) is 0 Å². The van der Waals surface area contributed by atoms with Gasteiger partial charge in [0, 0.05) is 13.1 Å². The first-order chi connectivity index (χ1) is 14.0. The predicted octanol–water partition coefficient (Wildman–Crippen LogP) is 5.18. The summed E-state index contributed by atoms with van der Waals surface area (Å²) >= 11 is 0. The molecule has 2 aromatic carbocycles. The molecule has 0 aliphatic carbocycles. The minimum absolute atomic E-state index is 0.00107. The molecule has 1 aliphatic heterocycles. The lowest BCUT2D eigenvalue weighted by molar-refractivity contribution is 0.0971. The van der Waals surface area contributed by atoms with Gasteiger partial charge in [0.25, 0.3) is 6.43 Å². The maximum Gasteiger partial charge on any atom is 0.295 e. The number of aromatic nitrogens is 2. The van der Waals surface area contributed by atoms with Crippen molar-refractivity contribution in [3.05, 3.63) is 59.9 Å². The van der Waals surface area contributed by atoms with E-state index in [1.165, 1.54) is 5.56 Å². The van der Waals surface area contributed by atoms with Crippen LogP contribution in [0.1, 0.15) is 38.1 Å². The van der Waals surface area contributed by atoms with Crippen LogP contribution >= 0.6 is 0 Å². The van der Waals surface area contributed by atoms with Crippen molar-refractivity contribution in [3.63, 3.8) is 0 Å². The second-order valence-corrected chi connectivity index (χ2v) is 8.19. The summed E-state index contributed by atoms with van der Waals surface area (Å²) in [5.74, 6) is 1.07. The van der Waals surface area contributed by atoms with Crippen LogP contribution in [0.2, 0.25) is 0 Å². The number of alkyl halides is 2. The fraction of sp³-hybridized carbons (Fsp3) is 0.435. The van der Waals surface area contributed by atoms with Gasteiger partial charge in [-0.15, -0.1) is 0 Å². The summed E-state index contributed by atoms with van der Waals surface area (Å²) in [7, 11) is 0. The van der Waals surface area contributed by atoms with Crippen LogP contribution in [0.4, 0.5) is 8.78 Å². The number of likely N-dealkylation sites (tertiary alicyclic amines) is 1. The Morgan fingerprint density at radius 2 is 2.03 bits per heavy atom. The quantitative estimate of drug-likeness (QED) is 0.621. The van der Waals surface area contributed by atoms with Gasteiger partial charge in [-0.1, -0.05) is 38.1 Å². The highest BCUT2D eigenvalue weighted by Gasteiger charge is 2.38. The molecule has 1 aromatic heterocycles. The number of hydrogen-bond donors (Lipinski definition) is 1. The van der Waals surface area contributed by atoms with Crippen molar-refractivity contribution in [2.75, 3.05) is 26.2 Å². The van der Waals surface area contributed by atoms with Gasteiger partial charge in [0.15, 0.2) is 5.82 Å². The van der Waals surface area contributed by atoms with E-state index in [1.54, 1.807) is 0 Å². The van der Waals surface area contributed by atoms with E-state index in [1.807, 2.05) is 48.5 Å². The third kappa shape index (κ3) is 4.13. The smallest absolute Gasteiger partial charge is 0.295 e. The molecule has 1 aliphatic rings. The molecule has 2 heterocycles. The third-order valence-electron chi connectivity index (χ3n) is 6.35. The van der Waals surface area contributed by atoms with Crippen LogP contribution in [0.3, 0.4) is 0 Å². The van der Waals surface area contributed by atoms with Crippen molar-refractivity contribution < 1.29 is 13.5 Å². The maximum absolute atomic E-state index is 12.9. The molecule has 0 radical (unpaired) electrons. The number of H-pyrrole nitrogens is 1. The lowest BCUT2D eigenvalue weighted by Gasteiger charge is -2.45. The Balaban J connectivity index is 1.41. The number of ether oxygens (including phenoxy) is 1. The maximum atomic E-state index is 12.9. The fourth-order valence-electron chi connectivity index (χ4n) is 4.25. The van der Waals surface area contributed by atoms with Crippen LogP contribution in [0, 0.1) is 5.92 Å². The highest BCUT2D eigenvalue weighted by atomic mass is 19.3. The molecule has 1 saturated heterocycles. The average Bonchev–Trinajstić information content (AvgIpc) is 3.15. The molecule has 1 N–H and O–H groups in total. The monoisotopic (exact) mass is 399 g/mol. The van der Waals surface area contributed by atoms with Crippen LogP contribution in [-0.4, -0.2) is 41.1 Å². The number of piperidine rings is 1. The Morgan fingerprint density at radius 3 is 2.76 bits per heavy atom. The summed E-state index contributed by atoms with van der Waals surface area (Å²) in [6.45, 7) is 8.09. The molecule has 0 amide bonds. The molecule has 0 bridgehead atoms. The summed E-state index contributed by atoms with van der Waals surface area (Å²) in [5.41, 5.74) is 2.46. The molecule has 3 aromatic rings. The molecule has 2 unspecified atom stereocenters. The van der Waals surface area contributed by atoms with Crippen LogP contribution in [0.15, 0.2) is 48.5 Å². The van der Waals surface area contributed by atoms with Crippen molar-refractivity contribution >= 4 is 11.0 Å². The molecule has 154 valence electrons. The SMILES string of the molecule is CC1CN(CCOc2ccccc2)CCC1(C)c1ccc2nc(C(F)F)[nH]c2c1. The second-order valence-electron chi connectivity index (χ2n) is 8.19. The van der Waals surface area contributed by atoms with Gasteiger partial charge in [-0.2, -0.15) is 0 Å². The van der Waals surface area contributed by atoms with Crippen molar-refractivity contribution in [2.45, 2.75) is 32.1 Å². The first-order valence-corrected chi connectivity index (χ1v) is 10.1. The first kappa shape index (κ1) is 19.8. The number of hydrogen-bond acceptors (Lipinski definition) is 3. The van der Waals surface area contributed by atoms with Crippen molar-refractivity contribution in [1.82, 2.24) is 14.9 Å². The molecule has 4 nitrogen and oxygen atoms in total. The average molecular weight is 399 g/mol. The number of para-hydroxylation sites is 1.